The van der Waals surface area contributed by atoms with Gasteiger partial charge in [0.2, 0.25) is 0 Å². The second-order valence-electron chi connectivity index (χ2n) is 3.04. The summed E-state index contributed by atoms with van der Waals surface area (Å²) in [4.78, 5) is 11.1. The van der Waals surface area contributed by atoms with Gasteiger partial charge in [0.05, 0.1) is 27.9 Å². The molecule has 0 amide bonds. The molecule has 1 unspecified atom stereocenters. The van der Waals surface area contributed by atoms with E-state index in [0.29, 0.717) is 4.47 Å². The highest BCUT2D eigenvalue weighted by atomic mass is 79.9. The Morgan fingerprint density at radius 1 is 1.50 bits per heavy atom. The molecule has 0 heterocycles. The van der Waals surface area contributed by atoms with Crippen LogP contribution < -0.4 is 0 Å². The topological polar surface area (TPSA) is 54.4 Å². The van der Waals surface area contributed by atoms with Crippen LogP contribution in [0.2, 0.25) is 0 Å². The van der Waals surface area contributed by atoms with Crippen molar-refractivity contribution in [3.63, 3.8) is 0 Å². The molecule has 0 saturated carbocycles. The zero-order valence-corrected chi connectivity index (χ0v) is 10.7. The van der Waals surface area contributed by atoms with Crippen LogP contribution in [0.1, 0.15) is 16.8 Å². The van der Waals surface area contributed by atoms with Gasteiger partial charge in [-0.2, -0.15) is 0 Å². The Balaban J connectivity index is 3.04. The van der Waals surface area contributed by atoms with Gasteiger partial charge < -0.3 is 5.11 Å². The van der Waals surface area contributed by atoms with Crippen molar-refractivity contribution in [3.05, 3.63) is 28.2 Å². The number of hydrogen-bond acceptors (Lipinski definition) is 2. The van der Waals surface area contributed by atoms with Gasteiger partial charge in [0.1, 0.15) is 0 Å². The zero-order valence-electron chi connectivity index (χ0n) is 8.28. The van der Waals surface area contributed by atoms with Gasteiger partial charge in [-0.3, -0.25) is 8.60 Å². The number of aromatic carboxylic acids is 1. The summed E-state index contributed by atoms with van der Waals surface area (Å²) in [5.41, 5.74) is 0.000362. The maximum Gasteiger partial charge on any atom is 0.336 e. The molecule has 3 nitrogen and oxygen atoms in total. The van der Waals surface area contributed by atoms with Gasteiger partial charge in [-0.25, -0.2) is 4.79 Å². The fourth-order valence-corrected chi connectivity index (χ4v) is 2.92. The zero-order chi connectivity index (χ0) is 12.1. The highest BCUT2D eigenvalue weighted by molar-refractivity contribution is 9.10. The lowest BCUT2D eigenvalue weighted by molar-refractivity contribution is 0.0693. The van der Waals surface area contributed by atoms with E-state index in [1.165, 1.54) is 12.1 Å². The SMILES string of the molecule is O=C(O)c1ccc(Br)cc1S(=O)CCCF. The number of alkyl halides is 1. The van der Waals surface area contributed by atoms with Gasteiger partial charge in [-0.05, 0) is 24.6 Å². The molecule has 0 fully saturated rings. The highest BCUT2D eigenvalue weighted by Gasteiger charge is 2.15. The van der Waals surface area contributed by atoms with E-state index in [2.05, 4.69) is 15.9 Å². The molecule has 0 aromatic heterocycles. The van der Waals surface area contributed by atoms with Crippen molar-refractivity contribution in [1.29, 1.82) is 0 Å². The van der Waals surface area contributed by atoms with Crippen LogP contribution in [-0.4, -0.2) is 27.7 Å². The molecule has 0 aliphatic carbocycles. The molecule has 1 aromatic rings. The molecule has 0 aliphatic heterocycles. The molecule has 1 atom stereocenters. The Morgan fingerprint density at radius 2 is 2.19 bits per heavy atom. The van der Waals surface area contributed by atoms with Crippen LogP contribution >= 0.6 is 15.9 Å². The summed E-state index contributed by atoms with van der Waals surface area (Å²) in [6.07, 6.45) is 0.165. The molecular weight excluding hydrogens is 299 g/mol. The average Bonchev–Trinajstić information content (AvgIpc) is 2.25. The Bertz CT molecular complexity index is 423. The van der Waals surface area contributed by atoms with Gasteiger partial charge >= 0.3 is 5.97 Å². The first-order chi connectivity index (χ1) is 7.56. The van der Waals surface area contributed by atoms with Crippen LogP contribution in [0.3, 0.4) is 0 Å². The Morgan fingerprint density at radius 3 is 2.75 bits per heavy atom. The van der Waals surface area contributed by atoms with Crippen molar-refractivity contribution >= 4 is 32.7 Å². The van der Waals surface area contributed by atoms with Gasteiger partial charge in [0.15, 0.2) is 0 Å². The Kier molecular flexibility index (Phi) is 5.08. The molecule has 16 heavy (non-hydrogen) atoms. The van der Waals surface area contributed by atoms with Crippen molar-refractivity contribution < 1.29 is 18.5 Å². The van der Waals surface area contributed by atoms with E-state index in [9.17, 15) is 13.4 Å². The highest BCUT2D eigenvalue weighted by Crippen LogP contribution is 2.20. The van der Waals surface area contributed by atoms with E-state index in [0.717, 1.165) is 0 Å². The number of carboxylic acid groups (broad SMARTS) is 1. The molecule has 88 valence electrons. The van der Waals surface area contributed by atoms with Crippen LogP contribution in [0.25, 0.3) is 0 Å². The third kappa shape index (κ3) is 3.38. The third-order valence-electron chi connectivity index (χ3n) is 1.88. The summed E-state index contributed by atoms with van der Waals surface area (Å²) in [6, 6.07) is 4.45. The van der Waals surface area contributed by atoms with E-state index < -0.39 is 23.4 Å². The minimum atomic E-state index is -1.48. The molecule has 0 aliphatic rings. The summed E-state index contributed by atoms with van der Waals surface area (Å²) in [6.45, 7) is -0.553. The van der Waals surface area contributed by atoms with Gasteiger partial charge in [0.25, 0.3) is 0 Å². The third-order valence-corrected chi connectivity index (χ3v) is 3.86. The van der Waals surface area contributed by atoms with E-state index in [1.54, 1.807) is 6.07 Å². The van der Waals surface area contributed by atoms with E-state index in [1.807, 2.05) is 0 Å². The van der Waals surface area contributed by atoms with Crippen LogP contribution in [0.5, 0.6) is 0 Å². The van der Waals surface area contributed by atoms with Crippen molar-refractivity contribution in [3.8, 4) is 0 Å². The molecule has 0 spiro atoms. The lowest BCUT2D eigenvalue weighted by Crippen LogP contribution is -2.07. The van der Waals surface area contributed by atoms with Crippen molar-refractivity contribution in [2.75, 3.05) is 12.4 Å². The summed E-state index contributed by atoms with van der Waals surface area (Å²) in [5.74, 6) is -0.996. The predicted molar refractivity (Wildman–Crippen MR) is 63.0 cm³/mol. The Labute approximate surface area is 103 Å². The average molecular weight is 309 g/mol. The monoisotopic (exact) mass is 308 g/mol. The summed E-state index contributed by atoms with van der Waals surface area (Å²) < 4.78 is 24.3. The van der Waals surface area contributed by atoms with Crippen molar-refractivity contribution in [2.24, 2.45) is 0 Å². The lowest BCUT2D eigenvalue weighted by atomic mass is 10.2. The quantitative estimate of drug-likeness (QED) is 0.909. The van der Waals surface area contributed by atoms with Crippen LogP contribution in [0.4, 0.5) is 4.39 Å². The van der Waals surface area contributed by atoms with E-state index >= 15 is 0 Å². The van der Waals surface area contributed by atoms with Crippen LogP contribution in [0, 0.1) is 0 Å². The normalized spacial score (nSPS) is 12.4. The first-order valence-electron chi connectivity index (χ1n) is 4.53. The first-order valence-corrected chi connectivity index (χ1v) is 6.64. The largest absolute Gasteiger partial charge is 0.478 e. The van der Waals surface area contributed by atoms with Crippen molar-refractivity contribution in [1.82, 2.24) is 0 Å². The second kappa shape index (κ2) is 6.10. The van der Waals surface area contributed by atoms with Crippen LogP contribution in [0.15, 0.2) is 27.6 Å². The van der Waals surface area contributed by atoms with Gasteiger partial charge in [0, 0.05) is 10.2 Å². The molecule has 0 radical (unpaired) electrons. The maximum atomic E-state index is 11.9. The summed E-state index contributed by atoms with van der Waals surface area (Å²) in [7, 11) is -1.48. The number of carboxylic acids is 1. The Hall–Kier alpha value is -0.750. The molecule has 0 saturated heterocycles. The minimum absolute atomic E-state index is 0.000362. The number of halogens is 2. The smallest absolute Gasteiger partial charge is 0.336 e. The van der Waals surface area contributed by atoms with Gasteiger partial charge in [-0.1, -0.05) is 15.9 Å². The molecule has 1 N–H and O–H groups in total. The van der Waals surface area contributed by atoms with Gasteiger partial charge in [-0.15, -0.1) is 0 Å². The molecule has 0 bridgehead atoms. The fourth-order valence-electron chi connectivity index (χ4n) is 1.16. The molecule has 6 heteroatoms. The molecular formula is C10H10BrFO3S. The minimum Gasteiger partial charge on any atom is -0.478 e. The molecule has 1 aromatic carbocycles. The fraction of sp³-hybridized carbons (Fsp3) is 0.300. The number of carbonyl (C=O) groups is 1. The first kappa shape index (κ1) is 13.3. The summed E-state index contributed by atoms with van der Waals surface area (Å²) in [5, 5.41) is 8.91. The van der Waals surface area contributed by atoms with E-state index in [-0.39, 0.29) is 22.6 Å². The number of benzene rings is 1. The maximum absolute atomic E-state index is 11.9. The molecule has 1 rings (SSSR count). The predicted octanol–water partition coefficient (Wildman–Crippen LogP) is 2.61. The summed E-state index contributed by atoms with van der Waals surface area (Å²) >= 11 is 3.18. The number of hydrogen-bond donors (Lipinski definition) is 1. The van der Waals surface area contributed by atoms with Crippen molar-refractivity contribution in [2.45, 2.75) is 11.3 Å². The number of rotatable bonds is 5. The van der Waals surface area contributed by atoms with E-state index in [4.69, 9.17) is 5.11 Å². The second-order valence-corrected chi connectivity index (χ2v) is 5.49. The lowest BCUT2D eigenvalue weighted by Gasteiger charge is -2.05. The van der Waals surface area contributed by atoms with Crippen LogP contribution in [-0.2, 0) is 10.8 Å². The standard InChI is InChI=1S/C10H10BrFO3S/c11-7-2-3-8(10(13)14)9(6-7)16(15)5-1-4-12/h2-3,6H,1,4-5H2,(H,13,14).